The van der Waals surface area contributed by atoms with Crippen molar-refractivity contribution < 1.29 is 14.3 Å². The molecule has 1 unspecified atom stereocenters. The highest BCUT2D eigenvalue weighted by atomic mass is 16.5. The quantitative estimate of drug-likeness (QED) is 0.816. The van der Waals surface area contributed by atoms with Crippen molar-refractivity contribution >= 4 is 11.7 Å². The molecule has 120 valence electrons. The van der Waals surface area contributed by atoms with Crippen LogP contribution in [0.1, 0.15) is 42.5 Å². The van der Waals surface area contributed by atoms with Gasteiger partial charge in [0.15, 0.2) is 5.78 Å². The van der Waals surface area contributed by atoms with Gasteiger partial charge in [-0.2, -0.15) is 0 Å². The summed E-state index contributed by atoms with van der Waals surface area (Å²) in [5.41, 5.74) is 6.35. The molecular weight excluding hydrogens is 280 g/mol. The van der Waals surface area contributed by atoms with Crippen LogP contribution >= 0.6 is 0 Å². The lowest BCUT2D eigenvalue weighted by atomic mass is 10.0. The van der Waals surface area contributed by atoms with E-state index in [9.17, 15) is 9.59 Å². The zero-order valence-corrected chi connectivity index (χ0v) is 13.1. The predicted molar refractivity (Wildman–Crippen MR) is 85.0 cm³/mol. The van der Waals surface area contributed by atoms with E-state index in [1.807, 2.05) is 4.90 Å². The lowest BCUT2D eigenvalue weighted by molar-refractivity contribution is -0.134. The Hall–Kier alpha value is -1.88. The number of likely N-dealkylation sites (tertiary alicyclic amines) is 1. The van der Waals surface area contributed by atoms with E-state index in [2.05, 4.69) is 0 Å². The van der Waals surface area contributed by atoms with Gasteiger partial charge < -0.3 is 15.4 Å². The van der Waals surface area contributed by atoms with Crippen LogP contribution in [0.15, 0.2) is 24.3 Å². The number of ketones is 1. The zero-order chi connectivity index (χ0) is 15.9. The molecule has 0 bridgehead atoms. The number of carbonyl (C=O) groups is 2. The second-order valence-corrected chi connectivity index (χ2v) is 5.62. The van der Waals surface area contributed by atoms with E-state index in [0.29, 0.717) is 17.9 Å². The first-order chi connectivity index (χ1) is 10.7. The van der Waals surface area contributed by atoms with Crippen molar-refractivity contribution in [2.24, 2.45) is 5.73 Å². The molecule has 1 atom stereocenters. The fourth-order valence-electron chi connectivity index (χ4n) is 2.86. The summed E-state index contributed by atoms with van der Waals surface area (Å²) in [5.74, 6) is 0.737. The highest BCUT2D eigenvalue weighted by molar-refractivity contribution is 5.98. The fourth-order valence-corrected chi connectivity index (χ4v) is 2.86. The number of rotatable bonds is 6. The maximum absolute atomic E-state index is 12.3. The highest BCUT2D eigenvalue weighted by Crippen LogP contribution is 2.18. The first kappa shape index (κ1) is 16.5. The van der Waals surface area contributed by atoms with Crippen LogP contribution in [0.5, 0.6) is 5.75 Å². The highest BCUT2D eigenvalue weighted by Gasteiger charge is 2.25. The van der Waals surface area contributed by atoms with Crippen molar-refractivity contribution in [1.82, 2.24) is 4.90 Å². The number of nitrogens with two attached hydrogens (primary N) is 1. The van der Waals surface area contributed by atoms with Crippen molar-refractivity contribution in [2.75, 3.05) is 20.2 Å². The first-order valence-corrected chi connectivity index (χ1v) is 7.82. The van der Waals surface area contributed by atoms with Gasteiger partial charge in [-0.25, -0.2) is 0 Å². The van der Waals surface area contributed by atoms with Crippen LogP contribution in [-0.2, 0) is 4.79 Å². The molecule has 0 radical (unpaired) electrons. The van der Waals surface area contributed by atoms with E-state index in [0.717, 1.165) is 25.8 Å². The summed E-state index contributed by atoms with van der Waals surface area (Å²) in [6.07, 6.45) is 3.60. The second kappa shape index (κ2) is 7.94. The number of methoxy groups -OCH3 is 1. The summed E-state index contributed by atoms with van der Waals surface area (Å²) in [6, 6.07) is 7.11. The molecular formula is C17H24N2O3. The van der Waals surface area contributed by atoms with Gasteiger partial charge >= 0.3 is 0 Å². The summed E-state index contributed by atoms with van der Waals surface area (Å²) in [5, 5.41) is 0. The Balaban J connectivity index is 1.88. The number of amides is 1. The molecule has 5 heteroatoms. The monoisotopic (exact) mass is 304 g/mol. The molecule has 1 fully saturated rings. The van der Waals surface area contributed by atoms with Gasteiger partial charge in [-0.05, 0) is 43.5 Å². The Morgan fingerprint density at radius 1 is 1.23 bits per heavy atom. The third-order valence-electron chi connectivity index (χ3n) is 4.20. The molecule has 1 aliphatic heterocycles. The Bertz CT molecular complexity index is 513. The van der Waals surface area contributed by atoms with Crippen molar-refractivity contribution in [2.45, 2.75) is 38.1 Å². The van der Waals surface area contributed by atoms with Crippen LogP contribution < -0.4 is 10.5 Å². The molecule has 0 saturated carbocycles. The number of ether oxygens (including phenoxy) is 1. The van der Waals surface area contributed by atoms with E-state index in [1.165, 1.54) is 0 Å². The Labute approximate surface area is 131 Å². The molecule has 0 aromatic heterocycles. The molecule has 1 aromatic rings. The van der Waals surface area contributed by atoms with Crippen LogP contribution in [0.25, 0.3) is 0 Å². The number of piperidine rings is 1. The van der Waals surface area contributed by atoms with Crippen LogP contribution in [0, 0.1) is 0 Å². The van der Waals surface area contributed by atoms with Crippen LogP contribution in [0.3, 0.4) is 0 Å². The molecule has 1 aromatic carbocycles. The zero-order valence-electron chi connectivity index (χ0n) is 13.1. The molecule has 2 N–H and O–H groups in total. The molecule has 1 heterocycles. The number of nitrogens with zero attached hydrogens (tertiary/aromatic N) is 1. The largest absolute Gasteiger partial charge is 0.497 e. The summed E-state index contributed by atoms with van der Waals surface area (Å²) in [7, 11) is 1.59. The number of carbonyl (C=O) groups excluding carboxylic acids is 2. The normalized spacial score (nSPS) is 18.1. The third-order valence-corrected chi connectivity index (χ3v) is 4.20. The van der Waals surface area contributed by atoms with Crippen molar-refractivity contribution in [1.29, 1.82) is 0 Å². The lowest BCUT2D eigenvalue weighted by Crippen LogP contribution is -2.47. The minimum absolute atomic E-state index is 0.0164. The van der Waals surface area contributed by atoms with Gasteiger partial charge in [0.2, 0.25) is 5.91 Å². The van der Waals surface area contributed by atoms with Gasteiger partial charge in [0, 0.05) is 37.5 Å². The molecule has 5 nitrogen and oxygen atoms in total. The lowest BCUT2D eigenvalue weighted by Gasteiger charge is -2.35. The maximum Gasteiger partial charge on any atom is 0.223 e. The molecule has 1 amide bonds. The van der Waals surface area contributed by atoms with Crippen molar-refractivity contribution in [3.63, 3.8) is 0 Å². The van der Waals surface area contributed by atoms with Gasteiger partial charge in [-0.15, -0.1) is 0 Å². The van der Waals surface area contributed by atoms with Crippen molar-refractivity contribution in [3.8, 4) is 5.75 Å². The van der Waals surface area contributed by atoms with Gasteiger partial charge in [0.1, 0.15) is 5.75 Å². The average Bonchev–Trinajstić information content (AvgIpc) is 2.59. The molecule has 0 aliphatic carbocycles. The minimum Gasteiger partial charge on any atom is -0.497 e. The van der Waals surface area contributed by atoms with Gasteiger partial charge in [0.25, 0.3) is 0 Å². The minimum atomic E-state index is -0.0164. The van der Waals surface area contributed by atoms with Gasteiger partial charge in [0.05, 0.1) is 7.11 Å². The second-order valence-electron chi connectivity index (χ2n) is 5.62. The smallest absolute Gasteiger partial charge is 0.223 e. The maximum atomic E-state index is 12.3. The van der Waals surface area contributed by atoms with Gasteiger partial charge in [-0.3, -0.25) is 9.59 Å². The molecule has 0 spiro atoms. The first-order valence-electron chi connectivity index (χ1n) is 7.82. The van der Waals surface area contributed by atoms with E-state index in [4.69, 9.17) is 10.5 Å². The van der Waals surface area contributed by atoms with E-state index < -0.39 is 0 Å². The fraction of sp³-hybridized carbons (Fsp3) is 0.529. The average molecular weight is 304 g/mol. The Morgan fingerprint density at radius 3 is 2.59 bits per heavy atom. The van der Waals surface area contributed by atoms with Crippen molar-refractivity contribution in [3.05, 3.63) is 29.8 Å². The number of benzene rings is 1. The van der Waals surface area contributed by atoms with Crippen LogP contribution in [0.2, 0.25) is 0 Å². The number of hydrogen-bond donors (Lipinski definition) is 1. The van der Waals surface area contributed by atoms with E-state index in [1.54, 1.807) is 31.4 Å². The topological polar surface area (TPSA) is 72.6 Å². The SMILES string of the molecule is COc1ccc(C(=O)CCC(=O)N2CCCCC2CN)cc1. The third kappa shape index (κ3) is 4.07. The summed E-state index contributed by atoms with van der Waals surface area (Å²) < 4.78 is 5.07. The van der Waals surface area contributed by atoms with E-state index in [-0.39, 0.29) is 30.6 Å². The summed E-state index contributed by atoms with van der Waals surface area (Å²) in [6.45, 7) is 1.26. The molecule has 1 aliphatic rings. The standard InChI is InChI=1S/C17H24N2O3/c1-22-15-7-5-13(6-8-15)16(20)9-10-17(21)19-11-3-2-4-14(19)12-18/h5-8,14H,2-4,9-12,18H2,1H3. The Morgan fingerprint density at radius 2 is 1.95 bits per heavy atom. The molecule has 22 heavy (non-hydrogen) atoms. The van der Waals surface area contributed by atoms with E-state index >= 15 is 0 Å². The number of hydrogen-bond acceptors (Lipinski definition) is 4. The molecule has 1 saturated heterocycles. The number of Topliss-reactive ketones (excluding diaryl/α,β-unsaturated/α-hetero) is 1. The van der Waals surface area contributed by atoms with Crippen LogP contribution in [0.4, 0.5) is 0 Å². The van der Waals surface area contributed by atoms with Gasteiger partial charge in [-0.1, -0.05) is 0 Å². The predicted octanol–water partition coefficient (Wildman–Crippen LogP) is 2.00. The van der Waals surface area contributed by atoms with Crippen LogP contribution in [-0.4, -0.2) is 42.8 Å². The Kier molecular flexibility index (Phi) is 5.95. The molecule has 2 rings (SSSR count). The summed E-state index contributed by atoms with van der Waals surface area (Å²) >= 11 is 0. The summed E-state index contributed by atoms with van der Waals surface area (Å²) in [4.78, 5) is 26.3.